The van der Waals surface area contributed by atoms with Crippen LogP contribution in [0.2, 0.25) is 0 Å². The second kappa shape index (κ2) is 8.13. The summed E-state index contributed by atoms with van der Waals surface area (Å²) in [6.45, 7) is 5.37. The average Bonchev–Trinajstić information content (AvgIpc) is 2.92. The molecular formula is C17H27N7O2. The fourth-order valence-electron chi connectivity index (χ4n) is 3.82. The molecule has 0 radical (unpaired) electrons. The maximum atomic E-state index is 9.81. The fourth-order valence-corrected chi connectivity index (χ4v) is 3.82. The van der Waals surface area contributed by atoms with Crippen molar-refractivity contribution in [2.45, 2.75) is 44.6 Å². The zero-order valence-electron chi connectivity index (χ0n) is 15.1. The molecule has 4 heterocycles. The highest BCUT2D eigenvalue weighted by molar-refractivity contribution is 5.74. The van der Waals surface area contributed by atoms with Crippen LogP contribution in [0.1, 0.15) is 38.5 Å². The summed E-state index contributed by atoms with van der Waals surface area (Å²) in [6.07, 6.45) is 6.62. The number of aromatic nitrogens is 4. The number of hydrogen-bond donors (Lipinski definition) is 2. The molecule has 0 aliphatic carbocycles. The van der Waals surface area contributed by atoms with Crippen LogP contribution in [0.4, 0.5) is 11.6 Å². The van der Waals surface area contributed by atoms with Gasteiger partial charge >= 0.3 is 0 Å². The Morgan fingerprint density at radius 2 is 1.77 bits per heavy atom. The van der Waals surface area contributed by atoms with Gasteiger partial charge in [0.15, 0.2) is 11.6 Å². The number of piperidine rings is 1. The molecule has 2 fully saturated rings. The van der Waals surface area contributed by atoms with Gasteiger partial charge in [-0.2, -0.15) is 0 Å². The maximum absolute atomic E-state index is 9.81. The Morgan fingerprint density at radius 1 is 1.00 bits per heavy atom. The molecule has 2 aliphatic rings. The van der Waals surface area contributed by atoms with E-state index in [-0.39, 0.29) is 6.10 Å². The van der Waals surface area contributed by atoms with Gasteiger partial charge in [0.2, 0.25) is 11.3 Å². The molecule has 9 heteroatoms. The number of fused-ring (bicyclic) bond motifs is 1. The SMILES string of the molecule is OC1CCCN(CCNc2nc3nonc3nc2N2CCCCCC2)C1. The monoisotopic (exact) mass is 361 g/mol. The molecule has 9 nitrogen and oxygen atoms in total. The third-order valence-electron chi connectivity index (χ3n) is 5.20. The molecule has 0 aromatic carbocycles. The van der Waals surface area contributed by atoms with Crippen LogP contribution in [-0.2, 0) is 0 Å². The summed E-state index contributed by atoms with van der Waals surface area (Å²) in [7, 11) is 0. The first-order valence-electron chi connectivity index (χ1n) is 9.69. The Hall–Kier alpha value is -2.00. The fraction of sp³-hybridized carbons (Fsp3) is 0.765. The highest BCUT2D eigenvalue weighted by Crippen LogP contribution is 2.26. The van der Waals surface area contributed by atoms with E-state index in [1.165, 1.54) is 25.7 Å². The molecule has 2 aromatic rings. The smallest absolute Gasteiger partial charge is 0.245 e. The molecule has 142 valence electrons. The van der Waals surface area contributed by atoms with Gasteiger partial charge in [0, 0.05) is 32.7 Å². The van der Waals surface area contributed by atoms with E-state index < -0.39 is 0 Å². The van der Waals surface area contributed by atoms with Gasteiger partial charge in [0.05, 0.1) is 6.10 Å². The Morgan fingerprint density at radius 3 is 2.54 bits per heavy atom. The molecule has 2 aromatic heterocycles. The van der Waals surface area contributed by atoms with Crippen molar-refractivity contribution in [2.24, 2.45) is 0 Å². The van der Waals surface area contributed by atoms with E-state index in [4.69, 9.17) is 4.63 Å². The molecule has 4 rings (SSSR count). The van der Waals surface area contributed by atoms with Gasteiger partial charge in [-0.05, 0) is 42.5 Å². The predicted molar refractivity (Wildman–Crippen MR) is 98.2 cm³/mol. The summed E-state index contributed by atoms with van der Waals surface area (Å²) in [5.74, 6) is 1.58. The molecule has 1 atom stereocenters. The van der Waals surface area contributed by atoms with Crippen LogP contribution in [-0.4, -0.2) is 75.7 Å². The lowest BCUT2D eigenvalue weighted by molar-refractivity contribution is 0.0730. The van der Waals surface area contributed by atoms with Gasteiger partial charge in [-0.25, -0.2) is 14.6 Å². The van der Waals surface area contributed by atoms with Gasteiger partial charge < -0.3 is 15.3 Å². The standard InChI is InChI=1S/C17H27N7O2/c25-13-6-5-8-23(12-13)11-7-18-16-17(24-9-3-1-2-4-10-24)20-15-14(19-16)21-26-22-15/h13,25H,1-12H2,(H,18,19,21). The van der Waals surface area contributed by atoms with E-state index in [9.17, 15) is 5.11 Å². The van der Waals surface area contributed by atoms with E-state index in [0.717, 1.165) is 63.7 Å². The molecule has 2 N–H and O–H groups in total. The van der Waals surface area contributed by atoms with Crippen molar-refractivity contribution in [3.8, 4) is 0 Å². The first-order chi connectivity index (χ1) is 12.8. The van der Waals surface area contributed by atoms with Crippen molar-refractivity contribution in [3.63, 3.8) is 0 Å². The van der Waals surface area contributed by atoms with Crippen molar-refractivity contribution >= 4 is 22.9 Å². The maximum Gasteiger partial charge on any atom is 0.245 e. The van der Waals surface area contributed by atoms with Gasteiger partial charge in [-0.1, -0.05) is 12.8 Å². The molecule has 26 heavy (non-hydrogen) atoms. The lowest BCUT2D eigenvalue weighted by Crippen LogP contribution is -2.40. The van der Waals surface area contributed by atoms with Crippen LogP contribution >= 0.6 is 0 Å². The predicted octanol–water partition coefficient (Wildman–Crippen LogP) is 1.26. The Kier molecular flexibility index (Phi) is 5.45. The van der Waals surface area contributed by atoms with Crippen molar-refractivity contribution in [1.29, 1.82) is 0 Å². The average molecular weight is 361 g/mol. The lowest BCUT2D eigenvalue weighted by Gasteiger charge is -2.30. The van der Waals surface area contributed by atoms with E-state index in [1.807, 2.05) is 0 Å². The number of hydrogen-bond acceptors (Lipinski definition) is 9. The molecule has 0 amide bonds. The molecule has 2 aliphatic heterocycles. The van der Waals surface area contributed by atoms with Crippen molar-refractivity contribution in [1.82, 2.24) is 25.2 Å². The minimum Gasteiger partial charge on any atom is -0.392 e. The third kappa shape index (κ3) is 4.04. The van der Waals surface area contributed by atoms with Crippen LogP contribution in [0.15, 0.2) is 4.63 Å². The minimum absolute atomic E-state index is 0.200. The highest BCUT2D eigenvalue weighted by Gasteiger charge is 2.21. The Bertz CT molecular complexity index is 714. The van der Waals surface area contributed by atoms with Crippen LogP contribution in [0.5, 0.6) is 0 Å². The Balaban J connectivity index is 1.47. The molecule has 0 spiro atoms. The van der Waals surface area contributed by atoms with E-state index in [2.05, 4.69) is 35.4 Å². The summed E-state index contributed by atoms with van der Waals surface area (Å²) in [5.41, 5.74) is 0.883. The van der Waals surface area contributed by atoms with Gasteiger partial charge in [-0.3, -0.25) is 4.90 Å². The summed E-state index contributed by atoms with van der Waals surface area (Å²) < 4.78 is 4.79. The number of rotatable bonds is 5. The van der Waals surface area contributed by atoms with Crippen LogP contribution in [0, 0.1) is 0 Å². The number of anilines is 2. The van der Waals surface area contributed by atoms with Crippen molar-refractivity contribution in [2.75, 3.05) is 49.5 Å². The zero-order chi connectivity index (χ0) is 17.8. The molecule has 1 unspecified atom stereocenters. The largest absolute Gasteiger partial charge is 0.392 e. The van der Waals surface area contributed by atoms with Gasteiger partial charge in [0.1, 0.15) is 0 Å². The van der Waals surface area contributed by atoms with Crippen LogP contribution in [0.3, 0.4) is 0 Å². The quantitative estimate of drug-likeness (QED) is 0.814. The molecule has 2 saturated heterocycles. The Labute approximate surface area is 152 Å². The van der Waals surface area contributed by atoms with E-state index in [0.29, 0.717) is 11.3 Å². The second-order valence-corrected chi connectivity index (χ2v) is 7.23. The van der Waals surface area contributed by atoms with E-state index >= 15 is 0 Å². The summed E-state index contributed by atoms with van der Waals surface area (Å²) in [4.78, 5) is 13.8. The number of β-amino-alcohol motifs (C(OH)–C–C–N with tert-alkyl or cyclic N) is 1. The number of nitrogens with one attached hydrogen (secondary N) is 1. The highest BCUT2D eigenvalue weighted by atomic mass is 16.6. The zero-order valence-corrected chi connectivity index (χ0v) is 15.1. The van der Waals surface area contributed by atoms with Crippen LogP contribution < -0.4 is 10.2 Å². The number of aliphatic hydroxyl groups is 1. The molecular weight excluding hydrogens is 334 g/mol. The van der Waals surface area contributed by atoms with Gasteiger partial charge in [0.25, 0.3) is 0 Å². The lowest BCUT2D eigenvalue weighted by atomic mass is 10.1. The number of aliphatic hydroxyl groups excluding tert-OH is 1. The third-order valence-corrected chi connectivity index (χ3v) is 5.20. The minimum atomic E-state index is -0.200. The summed E-state index contributed by atoms with van der Waals surface area (Å²) in [6, 6.07) is 0. The van der Waals surface area contributed by atoms with E-state index in [1.54, 1.807) is 0 Å². The second-order valence-electron chi connectivity index (χ2n) is 7.23. The first-order valence-corrected chi connectivity index (χ1v) is 9.69. The molecule has 0 bridgehead atoms. The molecule has 0 saturated carbocycles. The van der Waals surface area contributed by atoms with Gasteiger partial charge in [-0.15, -0.1) is 0 Å². The summed E-state index contributed by atoms with van der Waals surface area (Å²) in [5, 5.41) is 20.9. The first kappa shape index (κ1) is 17.4. The summed E-state index contributed by atoms with van der Waals surface area (Å²) >= 11 is 0. The number of likely N-dealkylation sites (tertiary alicyclic amines) is 1. The topological polar surface area (TPSA) is 103 Å². The van der Waals surface area contributed by atoms with Crippen molar-refractivity contribution in [3.05, 3.63) is 0 Å². The van der Waals surface area contributed by atoms with Crippen LogP contribution in [0.25, 0.3) is 11.3 Å². The number of nitrogens with zero attached hydrogens (tertiary/aromatic N) is 6. The van der Waals surface area contributed by atoms with Crippen molar-refractivity contribution < 1.29 is 9.74 Å². The normalized spacial score (nSPS) is 22.5.